The Hall–Kier alpha value is 0.0500. The lowest BCUT2D eigenvalue weighted by Gasteiger charge is -2.27. The summed E-state index contributed by atoms with van der Waals surface area (Å²) in [5.74, 6) is 0. The minimum absolute atomic E-state index is 0.00381. The van der Waals surface area contributed by atoms with Crippen LogP contribution in [0.5, 0.6) is 0 Å². The second-order valence-electron chi connectivity index (χ2n) is 3.55. The molecule has 0 radical (unpaired) electrons. The van der Waals surface area contributed by atoms with Crippen molar-refractivity contribution in [2.24, 2.45) is 0 Å². The van der Waals surface area contributed by atoms with Gasteiger partial charge in [-0.3, -0.25) is 0 Å². The molecule has 1 heterocycles. The number of benzene rings is 1. The van der Waals surface area contributed by atoms with Crippen LogP contribution in [-0.2, 0) is 10.0 Å². The first-order valence-electron chi connectivity index (χ1n) is 4.67. The first-order valence-corrected chi connectivity index (χ1v) is 7.74. The molecule has 16 heavy (non-hydrogen) atoms. The van der Waals surface area contributed by atoms with Crippen molar-refractivity contribution >= 4 is 41.9 Å². The highest BCUT2D eigenvalue weighted by molar-refractivity contribution is 9.11. The Labute approximate surface area is 111 Å². The van der Waals surface area contributed by atoms with E-state index in [2.05, 4.69) is 41.9 Å². The SMILES string of the molecule is O=S(=O)(NC1CNC1)c1cc(Br)ccc1Br. The summed E-state index contributed by atoms with van der Waals surface area (Å²) in [6.45, 7) is 1.37. The molecule has 2 N–H and O–H groups in total. The average Bonchev–Trinajstić information content (AvgIpc) is 2.16. The topological polar surface area (TPSA) is 58.2 Å². The lowest BCUT2D eigenvalue weighted by atomic mass is 10.2. The summed E-state index contributed by atoms with van der Waals surface area (Å²) in [4.78, 5) is 0.258. The van der Waals surface area contributed by atoms with Crippen LogP contribution in [0.1, 0.15) is 0 Å². The van der Waals surface area contributed by atoms with Crippen LogP contribution in [0.15, 0.2) is 32.0 Å². The molecule has 88 valence electrons. The Kier molecular flexibility index (Phi) is 3.70. The average molecular weight is 370 g/mol. The standard InChI is InChI=1S/C9H10Br2N2O2S/c10-6-1-2-8(11)9(3-6)16(14,15)13-7-4-12-5-7/h1-3,7,12-13H,4-5H2. The molecule has 1 aliphatic rings. The van der Waals surface area contributed by atoms with Gasteiger partial charge in [0.25, 0.3) is 0 Å². The van der Waals surface area contributed by atoms with Gasteiger partial charge in [-0.2, -0.15) is 0 Å². The van der Waals surface area contributed by atoms with E-state index >= 15 is 0 Å². The van der Waals surface area contributed by atoms with E-state index in [0.29, 0.717) is 17.6 Å². The van der Waals surface area contributed by atoms with Crippen LogP contribution in [0.25, 0.3) is 0 Å². The molecule has 0 aliphatic carbocycles. The van der Waals surface area contributed by atoms with Gasteiger partial charge >= 0.3 is 0 Å². The molecule has 0 saturated carbocycles. The van der Waals surface area contributed by atoms with Crippen LogP contribution in [0.3, 0.4) is 0 Å². The molecule has 4 nitrogen and oxygen atoms in total. The normalized spacial score (nSPS) is 17.1. The summed E-state index contributed by atoms with van der Waals surface area (Å²) in [6.07, 6.45) is 0. The van der Waals surface area contributed by atoms with E-state index < -0.39 is 10.0 Å². The molecule has 0 bridgehead atoms. The van der Waals surface area contributed by atoms with Crippen molar-refractivity contribution < 1.29 is 8.42 Å². The van der Waals surface area contributed by atoms with E-state index in [1.807, 2.05) is 0 Å². The molecule has 1 saturated heterocycles. The number of rotatable bonds is 3. The zero-order valence-corrected chi connectivity index (χ0v) is 12.2. The van der Waals surface area contributed by atoms with Gasteiger partial charge in [0, 0.05) is 28.1 Å². The summed E-state index contributed by atoms with van der Waals surface area (Å²) < 4.78 is 28.0. The van der Waals surface area contributed by atoms with E-state index in [0.717, 1.165) is 4.47 Å². The number of hydrogen-bond acceptors (Lipinski definition) is 3. The number of nitrogens with one attached hydrogen (secondary N) is 2. The first kappa shape index (κ1) is 12.5. The first-order chi connectivity index (χ1) is 7.49. The Bertz CT molecular complexity index is 500. The van der Waals surface area contributed by atoms with Crippen molar-refractivity contribution in [3.63, 3.8) is 0 Å². The minimum atomic E-state index is -3.44. The molecule has 1 aromatic rings. The van der Waals surface area contributed by atoms with Crippen molar-refractivity contribution in [2.45, 2.75) is 10.9 Å². The Balaban J connectivity index is 2.30. The molecule has 0 spiro atoms. The maximum absolute atomic E-state index is 12.0. The van der Waals surface area contributed by atoms with Gasteiger partial charge in [-0.25, -0.2) is 13.1 Å². The third kappa shape index (κ3) is 2.65. The number of hydrogen-bond donors (Lipinski definition) is 2. The molecule has 1 aromatic carbocycles. The molecule has 1 fully saturated rings. The third-order valence-corrected chi connectivity index (χ3v) is 5.29. The second kappa shape index (κ2) is 4.73. The predicted molar refractivity (Wildman–Crippen MR) is 68.8 cm³/mol. The highest BCUT2D eigenvalue weighted by Crippen LogP contribution is 2.25. The van der Waals surface area contributed by atoms with E-state index in [1.54, 1.807) is 18.2 Å². The van der Waals surface area contributed by atoms with Crippen molar-refractivity contribution in [3.05, 3.63) is 27.1 Å². The Morgan fingerprint density at radius 1 is 1.31 bits per heavy atom. The lowest BCUT2D eigenvalue weighted by molar-refractivity contribution is 0.410. The fourth-order valence-electron chi connectivity index (χ4n) is 1.34. The van der Waals surface area contributed by atoms with Gasteiger partial charge in [0.15, 0.2) is 0 Å². The van der Waals surface area contributed by atoms with E-state index in [-0.39, 0.29) is 10.9 Å². The van der Waals surface area contributed by atoms with Gasteiger partial charge in [0.2, 0.25) is 10.0 Å². The quantitative estimate of drug-likeness (QED) is 0.848. The molecule has 0 atom stereocenters. The molecule has 0 aromatic heterocycles. The number of sulfonamides is 1. The van der Waals surface area contributed by atoms with Crippen molar-refractivity contribution in [1.29, 1.82) is 0 Å². The predicted octanol–water partition coefficient (Wildman–Crippen LogP) is 1.46. The fraction of sp³-hybridized carbons (Fsp3) is 0.333. The summed E-state index contributed by atoms with van der Waals surface area (Å²) in [7, 11) is -3.44. The van der Waals surface area contributed by atoms with Gasteiger partial charge in [0.1, 0.15) is 0 Å². The zero-order valence-electron chi connectivity index (χ0n) is 8.20. The molecule has 0 amide bonds. The second-order valence-corrected chi connectivity index (χ2v) is 7.00. The van der Waals surface area contributed by atoms with E-state index in [4.69, 9.17) is 0 Å². The molecule has 0 unspecified atom stereocenters. The van der Waals surface area contributed by atoms with Crippen molar-refractivity contribution in [2.75, 3.05) is 13.1 Å². The third-order valence-electron chi connectivity index (χ3n) is 2.29. The highest BCUT2D eigenvalue weighted by Gasteiger charge is 2.25. The van der Waals surface area contributed by atoms with Crippen molar-refractivity contribution in [1.82, 2.24) is 10.0 Å². The Morgan fingerprint density at radius 3 is 2.56 bits per heavy atom. The monoisotopic (exact) mass is 368 g/mol. The van der Waals surface area contributed by atoms with Crippen LogP contribution < -0.4 is 10.0 Å². The zero-order chi connectivity index (χ0) is 11.8. The minimum Gasteiger partial charge on any atom is -0.313 e. The van der Waals surface area contributed by atoms with Crippen LogP contribution in [0.4, 0.5) is 0 Å². The molecule has 1 aliphatic heterocycles. The smallest absolute Gasteiger partial charge is 0.242 e. The summed E-state index contributed by atoms with van der Waals surface area (Å²) >= 11 is 6.50. The maximum atomic E-state index is 12.0. The van der Waals surface area contributed by atoms with E-state index in [9.17, 15) is 8.42 Å². The van der Waals surface area contributed by atoms with Crippen LogP contribution >= 0.6 is 31.9 Å². The van der Waals surface area contributed by atoms with Gasteiger partial charge in [-0.15, -0.1) is 0 Å². The van der Waals surface area contributed by atoms with Crippen molar-refractivity contribution in [3.8, 4) is 0 Å². The Morgan fingerprint density at radius 2 is 2.00 bits per heavy atom. The van der Waals surface area contributed by atoms with Crippen LogP contribution in [-0.4, -0.2) is 27.5 Å². The fourth-order valence-corrected chi connectivity index (χ4v) is 4.08. The van der Waals surface area contributed by atoms with Gasteiger partial charge < -0.3 is 5.32 Å². The van der Waals surface area contributed by atoms with Gasteiger partial charge in [-0.05, 0) is 34.1 Å². The van der Waals surface area contributed by atoms with Crippen LogP contribution in [0.2, 0.25) is 0 Å². The summed E-state index contributed by atoms with van der Waals surface area (Å²) in [5, 5.41) is 3.01. The van der Waals surface area contributed by atoms with Gasteiger partial charge in [-0.1, -0.05) is 15.9 Å². The van der Waals surface area contributed by atoms with E-state index in [1.165, 1.54) is 0 Å². The largest absolute Gasteiger partial charge is 0.313 e. The molecule has 7 heteroatoms. The van der Waals surface area contributed by atoms with Crippen LogP contribution in [0, 0.1) is 0 Å². The molecule has 2 rings (SSSR count). The summed E-state index contributed by atoms with van der Waals surface area (Å²) in [5.41, 5.74) is 0. The van der Waals surface area contributed by atoms with Gasteiger partial charge in [0.05, 0.1) is 4.90 Å². The maximum Gasteiger partial charge on any atom is 0.242 e. The molecular weight excluding hydrogens is 360 g/mol. The molecular formula is C9H10Br2N2O2S. The summed E-state index contributed by atoms with van der Waals surface area (Å²) in [6, 6.07) is 5.07. The number of halogens is 2. The lowest BCUT2D eigenvalue weighted by Crippen LogP contribution is -2.56. The highest BCUT2D eigenvalue weighted by atomic mass is 79.9.